The van der Waals surface area contributed by atoms with Gasteiger partial charge in [0.2, 0.25) is 10.0 Å². The molecule has 1 amide bonds. The molecule has 0 saturated carbocycles. The first-order chi connectivity index (χ1) is 18.8. The molecule has 10 heteroatoms. The van der Waals surface area contributed by atoms with Gasteiger partial charge in [-0.3, -0.25) is 10.1 Å². The van der Waals surface area contributed by atoms with Crippen LogP contribution in [0, 0.1) is 0 Å². The van der Waals surface area contributed by atoms with Crippen molar-refractivity contribution in [1.29, 1.82) is 0 Å². The summed E-state index contributed by atoms with van der Waals surface area (Å²) < 4.78 is 34.3. The van der Waals surface area contributed by atoms with Gasteiger partial charge in [0.25, 0.3) is 5.91 Å². The van der Waals surface area contributed by atoms with Gasteiger partial charge in [-0.2, -0.15) is 0 Å². The molecule has 0 heterocycles. The van der Waals surface area contributed by atoms with Crippen molar-refractivity contribution in [3.8, 4) is 5.75 Å². The van der Waals surface area contributed by atoms with Crippen LogP contribution >= 0.6 is 28.1 Å². The molecule has 3 N–H and O–H groups in total. The van der Waals surface area contributed by atoms with E-state index in [1.54, 1.807) is 30.3 Å². The Hall–Kier alpha value is -3.57. The summed E-state index contributed by atoms with van der Waals surface area (Å²) in [5, 5.41) is 5.61. The first-order valence-corrected chi connectivity index (χ1v) is 14.7. The maximum absolute atomic E-state index is 12.7. The Bertz CT molecular complexity index is 1530. The second-order valence-electron chi connectivity index (χ2n) is 8.47. The second kappa shape index (κ2) is 13.5. The lowest BCUT2D eigenvalue weighted by Gasteiger charge is -2.12. The Labute approximate surface area is 241 Å². The van der Waals surface area contributed by atoms with Gasteiger partial charge in [0.15, 0.2) is 5.11 Å². The number of ether oxygens (including phenoxy) is 1. The van der Waals surface area contributed by atoms with Crippen LogP contribution in [-0.2, 0) is 23.0 Å². The van der Waals surface area contributed by atoms with Crippen LogP contribution in [0.3, 0.4) is 0 Å². The van der Waals surface area contributed by atoms with E-state index in [9.17, 15) is 13.2 Å². The van der Waals surface area contributed by atoms with Gasteiger partial charge >= 0.3 is 0 Å². The average molecular weight is 625 g/mol. The molecule has 0 saturated heterocycles. The van der Waals surface area contributed by atoms with Crippen LogP contribution in [0.25, 0.3) is 0 Å². The Morgan fingerprint density at radius 3 is 2.13 bits per heavy atom. The number of carbonyl (C=O) groups is 1. The van der Waals surface area contributed by atoms with Gasteiger partial charge in [-0.25, -0.2) is 13.1 Å². The van der Waals surface area contributed by atoms with Crippen molar-refractivity contribution in [2.75, 3.05) is 11.9 Å². The molecule has 4 aromatic rings. The summed E-state index contributed by atoms with van der Waals surface area (Å²) in [6.07, 6.45) is 0.770. The van der Waals surface area contributed by atoms with Crippen molar-refractivity contribution in [2.24, 2.45) is 0 Å². The van der Waals surface area contributed by atoms with Crippen molar-refractivity contribution in [3.63, 3.8) is 0 Å². The van der Waals surface area contributed by atoms with E-state index in [-0.39, 0.29) is 16.6 Å². The van der Waals surface area contributed by atoms with E-state index in [1.165, 1.54) is 17.7 Å². The molecule has 39 heavy (non-hydrogen) atoms. The van der Waals surface area contributed by atoms with Crippen LogP contribution < -0.4 is 20.1 Å². The number of sulfonamides is 1. The molecule has 0 aliphatic carbocycles. The summed E-state index contributed by atoms with van der Waals surface area (Å²) in [4.78, 5) is 12.8. The second-order valence-corrected chi connectivity index (χ2v) is 11.5. The molecule has 4 aromatic carbocycles. The number of rotatable bonds is 10. The fourth-order valence-corrected chi connectivity index (χ4v) is 5.32. The van der Waals surface area contributed by atoms with Crippen LogP contribution in [-0.4, -0.2) is 26.0 Å². The lowest BCUT2D eigenvalue weighted by molar-refractivity contribution is 0.0977. The average Bonchev–Trinajstić information content (AvgIpc) is 2.94. The first-order valence-electron chi connectivity index (χ1n) is 12.0. The Balaban J connectivity index is 1.27. The minimum atomic E-state index is -3.68. The Morgan fingerprint density at radius 1 is 0.846 bits per heavy atom. The summed E-state index contributed by atoms with van der Waals surface area (Å²) in [7, 11) is -3.68. The van der Waals surface area contributed by atoms with Gasteiger partial charge in [0, 0.05) is 24.2 Å². The fourth-order valence-electron chi connectivity index (χ4n) is 3.60. The predicted molar refractivity (Wildman–Crippen MR) is 160 cm³/mol. The molecule has 0 aromatic heterocycles. The fraction of sp³-hybridized carbons (Fsp3) is 0.103. The third-order valence-electron chi connectivity index (χ3n) is 5.64. The monoisotopic (exact) mass is 623 g/mol. The number of thiocarbonyl (C=S) groups is 1. The zero-order chi connectivity index (χ0) is 27.7. The Morgan fingerprint density at radius 2 is 1.49 bits per heavy atom. The third-order valence-corrected chi connectivity index (χ3v) is 7.88. The predicted octanol–water partition coefficient (Wildman–Crippen LogP) is 5.68. The van der Waals surface area contributed by atoms with E-state index in [2.05, 4.69) is 31.3 Å². The highest BCUT2D eigenvalue weighted by atomic mass is 79.9. The molecule has 0 bridgehead atoms. The Kier molecular flexibility index (Phi) is 9.83. The van der Waals surface area contributed by atoms with E-state index < -0.39 is 15.9 Å². The number of hydrogen-bond donors (Lipinski definition) is 3. The van der Waals surface area contributed by atoms with Crippen LogP contribution in [0.5, 0.6) is 5.75 Å². The molecular formula is C29H26BrN3O4S2. The number of carbonyl (C=O) groups excluding carboxylic acids is 1. The van der Waals surface area contributed by atoms with Crippen LogP contribution in [0.1, 0.15) is 21.5 Å². The molecule has 200 valence electrons. The molecule has 0 unspecified atom stereocenters. The van der Waals surface area contributed by atoms with Gasteiger partial charge in [0.05, 0.1) is 16.0 Å². The molecule has 0 aliphatic rings. The van der Waals surface area contributed by atoms with Crippen molar-refractivity contribution < 1.29 is 17.9 Å². The number of nitrogens with one attached hydrogen (secondary N) is 3. The number of benzene rings is 4. The molecule has 0 aliphatic heterocycles. The molecule has 0 radical (unpaired) electrons. The van der Waals surface area contributed by atoms with Gasteiger partial charge in [0.1, 0.15) is 5.75 Å². The van der Waals surface area contributed by atoms with E-state index in [1.807, 2.05) is 60.7 Å². The summed E-state index contributed by atoms with van der Waals surface area (Å²) in [5.41, 5.74) is 2.97. The van der Waals surface area contributed by atoms with Crippen molar-refractivity contribution in [2.45, 2.75) is 17.9 Å². The highest BCUT2D eigenvalue weighted by molar-refractivity contribution is 9.10. The lowest BCUT2D eigenvalue weighted by Crippen LogP contribution is -2.34. The summed E-state index contributed by atoms with van der Waals surface area (Å²) in [6, 6.07) is 30.4. The zero-order valence-corrected chi connectivity index (χ0v) is 24.0. The van der Waals surface area contributed by atoms with Crippen molar-refractivity contribution in [3.05, 3.63) is 124 Å². The van der Waals surface area contributed by atoms with E-state index >= 15 is 0 Å². The molecule has 0 fully saturated rings. The summed E-state index contributed by atoms with van der Waals surface area (Å²) in [5.74, 6) is 0.241. The maximum Gasteiger partial charge on any atom is 0.257 e. The van der Waals surface area contributed by atoms with E-state index in [0.29, 0.717) is 28.1 Å². The topological polar surface area (TPSA) is 96.5 Å². The van der Waals surface area contributed by atoms with Gasteiger partial charge in [-0.15, -0.1) is 0 Å². The highest BCUT2D eigenvalue weighted by Crippen LogP contribution is 2.26. The summed E-state index contributed by atoms with van der Waals surface area (Å²) in [6.45, 7) is 0.696. The van der Waals surface area contributed by atoms with E-state index in [0.717, 1.165) is 12.0 Å². The highest BCUT2D eigenvalue weighted by Gasteiger charge is 2.15. The molecule has 0 spiro atoms. The molecule has 4 rings (SSSR count). The summed E-state index contributed by atoms with van der Waals surface area (Å²) >= 11 is 8.73. The van der Waals surface area contributed by atoms with Crippen molar-refractivity contribution in [1.82, 2.24) is 10.0 Å². The van der Waals surface area contributed by atoms with Gasteiger partial charge in [-0.1, -0.05) is 60.7 Å². The van der Waals surface area contributed by atoms with Crippen molar-refractivity contribution >= 4 is 54.9 Å². The van der Waals surface area contributed by atoms with Crippen LogP contribution in [0.15, 0.2) is 112 Å². The first kappa shape index (κ1) is 28.4. The molecule has 7 nitrogen and oxygen atoms in total. The standard InChI is InChI=1S/C29H26BrN3O4S2/c30-26-19-23(11-16-27(26)37-18-17-21-7-3-1-4-8-21)28(34)33-29(38)32-24-12-14-25(15-13-24)39(35,36)31-20-22-9-5-2-6-10-22/h1-16,19,31H,17-18,20H2,(H2,32,33,34,38). The minimum absolute atomic E-state index is 0.0807. The number of amides is 1. The lowest BCUT2D eigenvalue weighted by atomic mass is 10.2. The number of hydrogen-bond acceptors (Lipinski definition) is 5. The molecular weight excluding hydrogens is 598 g/mol. The van der Waals surface area contributed by atoms with E-state index in [4.69, 9.17) is 17.0 Å². The minimum Gasteiger partial charge on any atom is -0.492 e. The van der Waals surface area contributed by atoms with Crippen LogP contribution in [0.4, 0.5) is 5.69 Å². The zero-order valence-electron chi connectivity index (χ0n) is 20.8. The normalized spacial score (nSPS) is 11.0. The maximum atomic E-state index is 12.7. The van der Waals surface area contributed by atoms with Crippen LogP contribution in [0.2, 0.25) is 0 Å². The third kappa shape index (κ3) is 8.46. The van der Waals surface area contributed by atoms with Gasteiger partial charge < -0.3 is 10.1 Å². The largest absolute Gasteiger partial charge is 0.492 e. The number of halogens is 1. The quantitative estimate of drug-likeness (QED) is 0.197. The molecule has 0 atom stereocenters. The smallest absolute Gasteiger partial charge is 0.257 e. The van der Waals surface area contributed by atoms with Gasteiger partial charge in [-0.05, 0) is 81.7 Å². The SMILES string of the molecule is O=C(NC(=S)Nc1ccc(S(=O)(=O)NCc2ccccc2)cc1)c1ccc(OCCc2ccccc2)c(Br)c1. The number of anilines is 1.